The van der Waals surface area contributed by atoms with E-state index >= 15 is 0 Å². The minimum Gasteiger partial charge on any atom is -0.423 e. The van der Waals surface area contributed by atoms with Gasteiger partial charge in [0.05, 0.1) is 0 Å². The molecule has 0 bridgehead atoms. The summed E-state index contributed by atoms with van der Waals surface area (Å²) in [5.74, 6) is 0.429. The molecule has 20 heavy (non-hydrogen) atoms. The van der Waals surface area contributed by atoms with Crippen LogP contribution >= 0.6 is 0 Å². The van der Waals surface area contributed by atoms with Gasteiger partial charge in [0.1, 0.15) is 5.52 Å². The summed E-state index contributed by atoms with van der Waals surface area (Å²) >= 11 is 0. The van der Waals surface area contributed by atoms with E-state index in [2.05, 4.69) is 30.2 Å². The number of nitrogens with two attached hydrogens (primary N) is 1. The Morgan fingerprint density at radius 1 is 1.15 bits per heavy atom. The lowest BCUT2D eigenvalue weighted by Crippen LogP contribution is -1.97. The van der Waals surface area contributed by atoms with Crippen molar-refractivity contribution in [2.24, 2.45) is 0 Å². The molecule has 1 heterocycles. The fourth-order valence-corrected chi connectivity index (χ4v) is 2.22. The Bertz CT molecular complexity index is 746. The van der Waals surface area contributed by atoms with Gasteiger partial charge in [-0.3, -0.25) is 0 Å². The van der Waals surface area contributed by atoms with Crippen LogP contribution in [0.1, 0.15) is 25.3 Å². The molecule has 0 aliphatic rings. The van der Waals surface area contributed by atoms with Gasteiger partial charge in [-0.2, -0.15) is 4.98 Å². The highest BCUT2D eigenvalue weighted by atomic mass is 16.4. The smallest absolute Gasteiger partial charge is 0.300 e. The number of rotatable bonds is 3. The second-order valence-electron chi connectivity index (χ2n) is 5.11. The van der Waals surface area contributed by atoms with E-state index in [1.165, 1.54) is 5.56 Å². The van der Waals surface area contributed by atoms with Crippen molar-refractivity contribution in [2.45, 2.75) is 19.8 Å². The van der Waals surface area contributed by atoms with E-state index in [4.69, 9.17) is 10.2 Å². The van der Waals surface area contributed by atoms with Gasteiger partial charge in [-0.1, -0.05) is 32.0 Å². The van der Waals surface area contributed by atoms with Crippen LogP contribution in [-0.4, -0.2) is 4.98 Å². The van der Waals surface area contributed by atoms with Gasteiger partial charge in [0.15, 0.2) is 5.58 Å². The maximum absolute atomic E-state index is 5.74. The molecule has 3 N–H and O–H groups in total. The molecule has 102 valence electrons. The van der Waals surface area contributed by atoms with Crippen LogP contribution in [0.2, 0.25) is 0 Å². The van der Waals surface area contributed by atoms with Gasteiger partial charge in [0.25, 0.3) is 6.01 Å². The van der Waals surface area contributed by atoms with Crippen molar-refractivity contribution >= 4 is 28.5 Å². The number of fused-ring (bicyclic) bond motifs is 1. The summed E-state index contributed by atoms with van der Waals surface area (Å²) in [7, 11) is 0. The quantitative estimate of drug-likeness (QED) is 0.695. The molecule has 0 aliphatic carbocycles. The number of benzene rings is 2. The first kappa shape index (κ1) is 12.5. The van der Waals surface area contributed by atoms with Gasteiger partial charge in [0, 0.05) is 17.4 Å². The van der Waals surface area contributed by atoms with Gasteiger partial charge in [-0.25, -0.2) is 0 Å². The Labute approximate surface area is 117 Å². The highest BCUT2D eigenvalue weighted by molar-refractivity contribution is 5.78. The lowest BCUT2D eigenvalue weighted by atomic mass is 10.0. The Morgan fingerprint density at radius 2 is 1.95 bits per heavy atom. The molecule has 0 amide bonds. The van der Waals surface area contributed by atoms with Crippen LogP contribution in [-0.2, 0) is 0 Å². The lowest BCUT2D eigenvalue weighted by Gasteiger charge is -2.11. The molecular weight excluding hydrogens is 250 g/mol. The Balaban J connectivity index is 1.97. The van der Waals surface area contributed by atoms with Gasteiger partial charge < -0.3 is 15.5 Å². The topological polar surface area (TPSA) is 64.1 Å². The fraction of sp³-hybridized carbons (Fsp3) is 0.188. The predicted octanol–water partition coefficient (Wildman–Crippen LogP) is 4.28. The molecule has 0 saturated heterocycles. The van der Waals surface area contributed by atoms with Gasteiger partial charge in [0.2, 0.25) is 0 Å². The zero-order chi connectivity index (χ0) is 14.1. The highest BCUT2D eigenvalue weighted by Gasteiger charge is 2.10. The summed E-state index contributed by atoms with van der Waals surface area (Å²) in [6.45, 7) is 4.32. The monoisotopic (exact) mass is 267 g/mol. The van der Waals surface area contributed by atoms with Crippen molar-refractivity contribution in [3.8, 4) is 0 Å². The summed E-state index contributed by atoms with van der Waals surface area (Å²) in [5.41, 5.74) is 10.1. The van der Waals surface area contributed by atoms with Crippen LogP contribution in [0.5, 0.6) is 0 Å². The van der Waals surface area contributed by atoms with E-state index < -0.39 is 0 Å². The van der Waals surface area contributed by atoms with E-state index in [1.807, 2.05) is 30.3 Å². The fourth-order valence-electron chi connectivity index (χ4n) is 2.22. The molecule has 4 heteroatoms. The maximum atomic E-state index is 5.74. The number of nitrogen functional groups attached to an aromatic ring is 1. The summed E-state index contributed by atoms with van der Waals surface area (Å²) in [6.07, 6.45) is 0. The molecule has 4 nitrogen and oxygen atoms in total. The van der Waals surface area contributed by atoms with Crippen LogP contribution < -0.4 is 11.1 Å². The van der Waals surface area contributed by atoms with Crippen molar-refractivity contribution in [3.63, 3.8) is 0 Å². The second kappa shape index (κ2) is 4.89. The highest BCUT2D eigenvalue weighted by Crippen LogP contribution is 2.28. The molecule has 0 atom stereocenters. The summed E-state index contributed by atoms with van der Waals surface area (Å²) in [4.78, 5) is 4.42. The first-order valence-corrected chi connectivity index (χ1v) is 6.65. The Kier molecular flexibility index (Phi) is 3.06. The molecule has 2 aromatic carbocycles. The van der Waals surface area contributed by atoms with E-state index in [9.17, 15) is 0 Å². The third-order valence-corrected chi connectivity index (χ3v) is 3.24. The number of hydrogen-bond donors (Lipinski definition) is 2. The van der Waals surface area contributed by atoms with E-state index in [1.54, 1.807) is 6.07 Å². The third-order valence-electron chi connectivity index (χ3n) is 3.24. The average Bonchev–Trinajstić information content (AvgIpc) is 2.80. The number of nitrogens with one attached hydrogen (secondary N) is 1. The molecular formula is C16H17N3O. The predicted molar refractivity (Wildman–Crippen MR) is 82.2 cm³/mol. The van der Waals surface area contributed by atoms with E-state index in [0.717, 1.165) is 11.2 Å². The number of anilines is 3. The number of aromatic nitrogens is 1. The number of oxazole rings is 1. The maximum Gasteiger partial charge on any atom is 0.300 e. The average molecular weight is 267 g/mol. The van der Waals surface area contributed by atoms with Crippen LogP contribution in [0.4, 0.5) is 17.4 Å². The third kappa shape index (κ3) is 2.32. The minimum atomic E-state index is 0.429. The molecule has 0 fully saturated rings. The van der Waals surface area contributed by atoms with Crippen molar-refractivity contribution in [1.29, 1.82) is 0 Å². The Morgan fingerprint density at radius 3 is 2.75 bits per heavy atom. The van der Waals surface area contributed by atoms with Crippen LogP contribution in [0, 0.1) is 0 Å². The van der Waals surface area contributed by atoms with Gasteiger partial charge in [-0.15, -0.1) is 0 Å². The van der Waals surface area contributed by atoms with Crippen molar-refractivity contribution < 1.29 is 4.42 Å². The minimum absolute atomic E-state index is 0.429. The first-order valence-electron chi connectivity index (χ1n) is 6.65. The summed E-state index contributed by atoms with van der Waals surface area (Å²) < 4.78 is 5.69. The molecule has 3 aromatic rings. The molecule has 0 unspecified atom stereocenters. The Hall–Kier alpha value is -2.49. The molecule has 0 saturated carbocycles. The first-order chi connectivity index (χ1) is 9.63. The largest absolute Gasteiger partial charge is 0.423 e. The van der Waals surface area contributed by atoms with Crippen molar-refractivity contribution in [2.75, 3.05) is 11.1 Å². The second-order valence-corrected chi connectivity index (χ2v) is 5.11. The number of hydrogen-bond acceptors (Lipinski definition) is 4. The van der Waals surface area contributed by atoms with Crippen LogP contribution in [0.25, 0.3) is 11.1 Å². The van der Waals surface area contributed by atoms with E-state index in [-0.39, 0.29) is 0 Å². The summed E-state index contributed by atoms with van der Waals surface area (Å²) in [6, 6.07) is 14.1. The van der Waals surface area contributed by atoms with Crippen LogP contribution in [0.15, 0.2) is 46.9 Å². The zero-order valence-corrected chi connectivity index (χ0v) is 11.6. The lowest BCUT2D eigenvalue weighted by molar-refractivity contribution is 0.623. The number of para-hydroxylation sites is 1. The molecule has 3 rings (SSSR count). The normalized spacial score (nSPS) is 11.2. The SMILES string of the molecule is CC(C)c1ccccc1Nc1nc2ccc(N)cc2o1. The zero-order valence-electron chi connectivity index (χ0n) is 11.6. The summed E-state index contributed by atoms with van der Waals surface area (Å²) in [5, 5.41) is 3.24. The molecule has 0 aliphatic heterocycles. The van der Waals surface area contributed by atoms with Gasteiger partial charge in [-0.05, 0) is 29.7 Å². The van der Waals surface area contributed by atoms with Crippen molar-refractivity contribution in [3.05, 3.63) is 48.0 Å². The number of nitrogens with zero attached hydrogens (tertiary/aromatic N) is 1. The van der Waals surface area contributed by atoms with Gasteiger partial charge >= 0.3 is 0 Å². The molecule has 0 spiro atoms. The van der Waals surface area contributed by atoms with E-state index in [0.29, 0.717) is 23.2 Å². The van der Waals surface area contributed by atoms with Crippen LogP contribution in [0.3, 0.4) is 0 Å². The molecule has 1 aromatic heterocycles. The molecule has 0 radical (unpaired) electrons. The van der Waals surface area contributed by atoms with Crippen molar-refractivity contribution in [1.82, 2.24) is 4.98 Å². The standard InChI is InChI=1S/C16H17N3O/c1-10(2)12-5-3-4-6-13(12)18-16-19-14-8-7-11(17)9-15(14)20-16/h3-10H,17H2,1-2H3,(H,18,19).